The molecular formula is C46H50O9. The summed E-state index contributed by atoms with van der Waals surface area (Å²) in [6.45, 7) is 9.30. The third-order valence-electron chi connectivity index (χ3n) is 10.2. The molecule has 9 nitrogen and oxygen atoms in total. The van der Waals surface area contributed by atoms with E-state index in [1.165, 1.54) is 0 Å². The van der Waals surface area contributed by atoms with Crippen molar-refractivity contribution in [3.63, 3.8) is 0 Å². The Morgan fingerprint density at radius 3 is 1.85 bits per heavy atom. The summed E-state index contributed by atoms with van der Waals surface area (Å²) in [4.78, 5) is 26.7. The van der Waals surface area contributed by atoms with Gasteiger partial charge in [0, 0.05) is 18.4 Å². The van der Waals surface area contributed by atoms with Crippen LogP contribution in [0.3, 0.4) is 0 Å². The molecule has 2 aliphatic rings. The van der Waals surface area contributed by atoms with Crippen LogP contribution in [0.2, 0.25) is 0 Å². The molecule has 288 valence electrons. The molecule has 5 aromatic rings. The highest BCUT2D eigenvalue weighted by Crippen LogP contribution is 2.31. The second-order valence-corrected chi connectivity index (χ2v) is 15.3. The van der Waals surface area contributed by atoms with Gasteiger partial charge in [-0.25, -0.2) is 9.59 Å². The minimum Gasteiger partial charge on any atom is -0.494 e. The van der Waals surface area contributed by atoms with Crippen LogP contribution in [0.5, 0.6) is 11.5 Å². The number of carbonyl (C=O) groups is 2. The molecule has 0 amide bonds. The fraction of sp³-hybridized carbons (Fsp3) is 0.391. The Bertz CT molecular complexity index is 2070. The number of hydrogen-bond donors (Lipinski definition) is 0. The van der Waals surface area contributed by atoms with Crippen molar-refractivity contribution in [3.05, 3.63) is 120 Å². The van der Waals surface area contributed by atoms with Crippen LogP contribution in [0.1, 0.15) is 78.3 Å². The quantitative estimate of drug-likeness (QED) is 0.0438. The standard InChI is InChI=1S/C46H50O9/c1-45(30-50-31-45)29-49-21-8-3-4-9-22-51-40-18-16-35-25-39(15-13-37(35)26-40)44(48)55-42(33-10-6-5-7-11-33)28-53-43(47)38-14-12-36-27-41(19-17-34(36)24-38)52-23-20-46(2)32-54-46/h5-7,10-19,24-27,42H,3-4,8-9,20-23,28-32H2,1-2H3. The van der Waals surface area contributed by atoms with Crippen LogP contribution in [-0.4, -0.2) is 70.4 Å². The summed E-state index contributed by atoms with van der Waals surface area (Å²) in [5.41, 5.74) is 1.68. The summed E-state index contributed by atoms with van der Waals surface area (Å²) >= 11 is 0. The highest BCUT2D eigenvalue weighted by Gasteiger charge is 2.38. The van der Waals surface area contributed by atoms with Crippen molar-refractivity contribution < 1.29 is 42.7 Å². The Hall–Kier alpha value is -4.96. The lowest BCUT2D eigenvalue weighted by atomic mass is 9.90. The number of esters is 2. The maximum absolute atomic E-state index is 13.5. The monoisotopic (exact) mass is 746 g/mol. The van der Waals surface area contributed by atoms with E-state index >= 15 is 0 Å². The molecule has 5 aromatic carbocycles. The molecular weight excluding hydrogens is 696 g/mol. The lowest BCUT2D eigenvalue weighted by molar-refractivity contribution is -0.137. The lowest BCUT2D eigenvalue weighted by Crippen LogP contribution is -2.43. The molecule has 0 aromatic heterocycles. The minimum atomic E-state index is -0.800. The average Bonchev–Trinajstić information content (AvgIpc) is 3.94. The molecule has 9 heteroatoms. The van der Waals surface area contributed by atoms with E-state index < -0.39 is 18.0 Å². The second-order valence-electron chi connectivity index (χ2n) is 15.3. The average molecular weight is 747 g/mol. The fourth-order valence-electron chi connectivity index (χ4n) is 6.53. The van der Waals surface area contributed by atoms with Crippen LogP contribution in [-0.2, 0) is 23.7 Å². The molecule has 55 heavy (non-hydrogen) atoms. The Morgan fingerprint density at radius 2 is 1.24 bits per heavy atom. The van der Waals surface area contributed by atoms with Gasteiger partial charge in [0.05, 0.1) is 56.4 Å². The van der Waals surface area contributed by atoms with E-state index in [9.17, 15) is 9.59 Å². The van der Waals surface area contributed by atoms with Crippen LogP contribution >= 0.6 is 0 Å². The van der Waals surface area contributed by atoms with Crippen LogP contribution in [0.15, 0.2) is 103 Å². The first-order valence-corrected chi connectivity index (χ1v) is 19.3. The van der Waals surface area contributed by atoms with Crippen molar-refractivity contribution in [1.82, 2.24) is 0 Å². The Morgan fingerprint density at radius 1 is 0.655 bits per heavy atom. The minimum absolute atomic E-state index is 0.0529. The van der Waals surface area contributed by atoms with E-state index in [2.05, 4.69) is 13.8 Å². The van der Waals surface area contributed by atoms with Gasteiger partial charge in [0.2, 0.25) is 0 Å². The van der Waals surface area contributed by atoms with Crippen molar-refractivity contribution in [3.8, 4) is 11.5 Å². The van der Waals surface area contributed by atoms with Crippen molar-refractivity contribution in [2.75, 3.05) is 52.9 Å². The normalized spacial score (nSPS) is 17.6. The van der Waals surface area contributed by atoms with Gasteiger partial charge in [-0.1, -0.05) is 67.9 Å². The lowest BCUT2D eigenvalue weighted by Gasteiger charge is -2.37. The molecule has 0 aliphatic carbocycles. The number of benzene rings is 5. The van der Waals surface area contributed by atoms with E-state index in [0.717, 1.165) is 104 Å². The first kappa shape index (κ1) is 38.3. The van der Waals surface area contributed by atoms with Crippen LogP contribution in [0, 0.1) is 5.41 Å². The zero-order valence-electron chi connectivity index (χ0n) is 31.8. The van der Waals surface area contributed by atoms with Gasteiger partial charge in [0.1, 0.15) is 18.1 Å². The molecule has 0 spiro atoms. The van der Waals surface area contributed by atoms with Gasteiger partial charge in [-0.15, -0.1) is 0 Å². The number of rotatable bonds is 20. The summed E-state index contributed by atoms with van der Waals surface area (Å²) in [5, 5.41) is 3.69. The van der Waals surface area contributed by atoms with Crippen molar-refractivity contribution in [2.45, 2.75) is 57.7 Å². The third kappa shape index (κ3) is 10.6. The largest absolute Gasteiger partial charge is 0.494 e. The third-order valence-corrected chi connectivity index (χ3v) is 10.2. The van der Waals surface area contributed by atoms with E-state index in [1.54, 1.807) is 18.2 Å². The summed E-state index contributed by atoms with van der Waals surface area (Å²) in [6.07, 6.45) is 4.26. The molecule has 2 unspecified atom stereocenters. The predicted molar refractivity (Wildman–Crippen MR) is 211 cm³/mol. The van der Waals surface area contributed by atoms with E-state index in [1.807, 2.05) is 84.9 Å². The number of unbranched alkanes of at least 4 members (excludes halogenated alkanes) is 3. The van der Waals surface area contributed by atoms with Crippen LogP contribution in [0.25, 0.3) is 21.5 Å². The maximum Gasteiger partial charge on any atom is 0.338 e. The number of ether oxygens (including phenoxy) is 7. The smallest absolute Gasteiger partial charge is 0.338 e. The zero-order valence-corrected chi connectivity index (χ0v) is 31.8. The van der Waals surface area contributed by atoms with Crippen molar-refractivity contribution >= 4 is 33.5 Å². The number of hydrogen-bond acceptors (Lipinski definition) is 9. The number of carbonyl (C=O) groups excluding carboxylic acids is 2. The predicted octanol–water partition coefficient (Wildman–Crippen LogP) is 9.30. The summed E-state index contributed by atoms with van der Waals surface area (Å²) in [6, 6.07) is 31.8. The second kappa shape index (κ2) is 17.7. The summed E-state index contributed by atoms with van der Waals surface area (Å²) in [7, 11) is 0. The van der Waals surface area contributed by atoms with E-state index in [-0.39, 0.29) is 17.6 Å². The molecule has 0 bridgehead atoms. The number of epoxide rings is 1. The topological polar surface area (TPSA) is 102 Å². The van der Waals surface area contributed by atoms with Crippen LogP contribution in [0.4, 0.5) is 0 Å². The molecule has 0 saturated carbocycles. The maximum atomic E-state index is 13.5. The van der Waals surface area contributed by atoms with Crippen molar-refractivity contribution in [2.24, 2.45) is 5.41 Å². The summed E-state index contributed by atoms with van der Waals surface area (Å²) < 4.78 is 40.2. The molecule has 2 aliphatic heterocycles. The first-order chi connectivity index (χ1) is 26.7. The molecule has 2 atom stereocenters. The Kier molecular flexibility index (Phi) is 12.3. The summed E-state index contributed by atoms with van der Waals surface area (Å²) in [5.74, 6) is 0.550. The Balaban J connectivity index is 0.892. The zero-order chi connectivity index (χ0) is 38.1. The van der Waals surface area contributed by atoms with Gasteiger partial charge in [0.15, 0.2) is 6.10 Å². The van der Waals surface area contributed by atoms with Gasteiger partial charge < -0.3 is 33.2 Å². The molecule has 7 rings (SSSR count). The fourth-order valence-corrected chi connectivity index (χ4v) is 6.53. The molecule has 0 radical (unpaired) electrons. The molecule has 2 fully saturated rings. The van der Waals surface area contributed by atoms with Crippen LogP contribution < -0.4 is 9.47 Å². The van der Waals surface area contributed by atoms with Gasteiger partial charge in [-0.2, -0.15) is 0 Å². The SMILES string of the molecule is CC1(COCCCCCCOc2ccc3cc(C(=O)OC(COC(=O)c4ccc5cc(OCCC6(C)CO6)ccc5c4)c4ccccc4)ccc3c2)COC1. The van der Waals surface area contributed by atoms with Gasteiger partial charge in [0.25, 0.3) is 0 Å². The molecule has 2 heterocycles. The highest BCUT2D eigenvalue weighted by molar-refractivity contribution is 5.97. The van der Waals surface area contributed by atoms with E-state index in [4.69, 9.17) is 33.2 Å². The van der Waals surface area contributed by atoms with Gasteiger partial charge in [-0.05, 0) is 102 Å². The van der Waals surface area contributed by atoms with Gasteiger partial charge >= 0.3 is 11.9 Å². The highest BCUT2D eigenvalue weighted by atomic mass is 16.6. The van der Waals surface area contributed by atoms with Gasteiger partial charge in [-0.3, -0.25) is 0 Å². The van der Waals surface area contributed by atoms with E-state index in [0.29, 0.717) is 24.3 Å². The first-order valence-electron chi connectivity index (χ1n) is 19.3. The van der Waals surface area contributed by atoms with Crippen molar-refractivity contribution in [1.29, 1.82) is 0 Å². The molecule has 2 saturated heterocycles. The Labute approximate surface area is 322 Å². The number of fused-ring (bicyclic) bond motifs is 2. The molecule has 0 N–H and O–H groups in total.